The number of oxazole rings is 1. The summed E-state index contributed by atoms with van der Waals surface area (Å²) in [6, 6.07) is 11.7. The fourth-order valence-electron chi connectivity index (χ4n) is 3.99. The van der Waals surface area contributed by atoms with Crippen LogP contribution in [-0.4, -0.2) is 64.2 Å². The first-order valence-corrected chi connectivity index (χ1v) is 12.7. The van der Waals surface area contributed by atoms with Crippen molar-refractivity contribution in [3.63, 3.8) is 0 Å². The van der Waals surface area contributed by atoms with Crippen LogP contribution in [0.5, 0.6) is 11.5 Å². The predicted molar refractivity (Wildman–Crippen MR) is 124 cm³/mol. The normalized spacial score (nSPS) is 16.7. The zero-order valence-corrected chi connectivity index (χ0v) is 19.7. The van der Waals surface area contributed by atoms with Crippen LogP contribution >= 0.6 is 11.6 Å². The van der Waals surface area contributed by atoms with E-state index >= 15 is 0 Å². The highest BCUT2D eigenvalue weighted by Gasteiger charge is 2.34. The largest absolute Gasteiger partial charge is 0.486 e. The van der Waals surface area contributed by atoms with Crippen molar-refractivity contribution in [1.29, 1.82) is 0 Å². The molecule has 0 saturated carbocycles. The summed E-state index contributed by atoms with van der Waals surface area (Å²) < 4.78 is 44.7. The monoisotopic (exact) mass is 489 g/mol. The number of hydrogen-bond acceptors (Lipinski definition) is 8. The average molecular weight is 490 g/mol. The van der Waals surface area contributed by atoms with Crippen LogP contribution < -0.4 is 14.4 Å². The zero-order chi connectivity index (χ0) is 23.0. The van der Waals surface area contributed by atoms with Gasteiger partial charge in [-0.1, -0.05) is 30.7 Å². The van der Waals surface area contributed by atoms with E-state index in [1.54, 1.807) is 30.3 Å². The molecule has 1 aromatic heterocycles. The van der Waals surface area contributed by atoms with Gasteiger partial charge in [0, 0.05) is 32.2 Å². The third kappa shape index (κ3) is 4.16. The van der Waals surface area contributed by atoms with Crippen LogP contribution in [0.2, 0.25) is 5.02 Å². The lowest BCUT2D eigenvalue weighted by Crippen LogP contribution is -2.46. The number of rotatable bonds is 5. The lowest BCUT2D eigenvalue weighted by atomic mass is 10.2. The number of benzene rings is 2. The molecule has 2 aliphatic heterocycles. The number of likely N-dealkylation sites (N-methyl/N-ethyl adjacent to an activating group) is 1. The van der Waals surface area contributed by atoms with Crippen molar-refractivity contribution in [3.05, 3.63) is 47.5 Å². The molecule has 3 aromatic rings. The second kappa shape index (κ2) is 8.89. The van der Waals surface area contributed by atoms with Gasteiger partial charge in [-0.05, 0) is 30.8 Å². The molecule has 2 aliphatic rings. The van der Waals surface area contributed by atoms with Crippen molar-refractivity contribution < 1.29 is 22.3 Å². The molecule has 2 aromatic carbocycles. The molecule has 0 radical (unpaired) electrons. The van der Waals surface area contributed by atoms with Gasteiger partial charge in [0.25, 0.3) is 0 Å². The molecular formula is C23H24ClN3O5S. The Kier molecular flexibility index (Phi) is 5.94. The van der Waals surface area contributed by atoms with E-state index in [-0.39, 0.29) is 21.7 Å². The fraction of sp³-hybridized carbons (Fsp3) is 0.348. The molecule has 0 bridgehead atoms. The van der Waals surface area contributed by atoms with E-state index in [2.05, 4.69) is 16.8 Å². The third-order valence-electron chi connectivity index (χ3n) is 5.87. The summed E-state index contributed by atoms with van der Waals surface area (Å²) in [4.78, 5) is 8.76. The first kappa shape index (κ1) is 22.1. The maximum atomic E-state index is 13.7. The molecule has 33 heavy (non-hydrogen) atoms. The van der Waals surface area contributed by atoms with Gasteiger partial charge in [0.05, 0.1) is 15.5 Å². The summed E-state index contributed by atoms with van der Waals surface area (Å²) in [6.07, 6.45) is 0. The average Bonchev–Trinajstić information content (AvgIpc) is 3.30. The standard InChI is InChI=1S/C23H24ClN3O5S/c1-2-26-9-11-27(12-10-26)23-22(25-21(32-23)17-5-3-4-6-18(17)24)33(28,29)16-7-8-19-20(15-16)31-14-13-30-19/h3-8,15H,2,9-14H2,1H3. The number of hydrogen-bond donors (Lipinski definition) is 0. The smallest absolute Gasteiger partial charge is 0.236 e. The van der Waals surface area contributed by atoms with E-state index in [9.17, 15) is 8.42 Å². The number of fused-ring (bicyclic) bond motifs is 1. The Labute approximate surface area is 197 Å². The number of sulfone groups is 1. The van der Waals surface area contributed by atoms with Gasteiger partial charge >= 0.3 is 0 Å². The fourth-order valence-corrected chi connectivity index (χ4v) is 5.55. The molecule has 3 heterocycles. The van der Waals surface area contributed by atoms with Gasteiger partial charge in [-0.2, -0.15) is 4.98 Å². The maximum Gasteiger partial charge on any atom is 0.236 e. The molecule has 0 amide bonds. The molecule has 8 nitrogen and oxygen atoms in total. The van der Waals surface area contributed by atoms with Crippen LogP contribution in [0.1, 0.15) is 6.92 Å². The van der Waals surface area contributed by atoms with Crippen LogP contribution in [0.15, 0.2) is 56.8 Å². The molecule has 0 spiro atoms. The number of aromatic nitrogens is 1. The quantitative estimate of drug-likeness (QED) is 0.536. The summed E-state index contributed by atoms with van der Waals surface area (Å²) >= 11 is 6.35. The van der Waals surface area contributed by atoms with Crippen molar-refractivity contribution >= 4 is 27.3 Å². The van der Waals surface area contributed by atoms with E-state index < -0.39 is 9.84 Å². The summed E-state index contributed by atoms with van der Waals surface area (Å²) in [5.41, 5.74) is 0.538. The second-order valence-corrected chi connectivity index (χ2v) is 10.1. The van der Waals surface area contributed by atoms with Gasteiger partial charge < -0.3 is 23.7 Å². The molecule has 1 fully saturated rings. The summed E-state index contributed by atoms with van der Waals surface area (Å²) in [6.45, 7) is 6.73. The van der Waals surface area contributed by atoms with Crippen molar-refractivity contribution in [1.82, 2.24) is 9.88 Å². The van der Waals surface area contributed by atoms with Crippen LogP contribution in [0.25, 0.3) is 11.5 Å². The van der Waals surface area contributed by atoms with Gasteiger partial charge in [0.1, 0.15) is 13.2 Å². The van der Waals surface area contributed by atoms with E-state index in [0.29, 0.717) is 48.4 Å². The van der Waals surface area contributed by atoms with Crippen LogP contribution in [0.4, 0.5) is 5.88 Å². The Balaban J connectivity index is 1.60. The summed E-state index contributed by atoms with van der Waals surface area (Å²) in [5.74, 6) is 1.32. The summed E-state index contributed by atoms with van der Waals surface area (Å²) in [7, 11) is -4.01. The lowest BCUT2D eigenvalue weighted by Gasteiger charge is -2.33. The molecule has 0 aliphatic carbocycles. The van der Waals surface area contributed by atoms with Crippen molar-refractivity contribution in [2.24, 2.45) is 0 Å². The van der Waals surface area contributed by atoms with Crippen LogP contribution in [0, 0.1) is 0 Å². The molecule has 0 unspecified atom stereocenters. The van der Waals surface area contributed by atoms with E-state index in [1.165, 1.54) is 12.1 Å². The van der Waals surface area contributed by atoms with Gasteiger partial charge in [-0.3, -0.25) is 0 Å². The summed E-state index contributed by atoms with van der Waals surface area (Å²) in [5, 5.41) is 0.309. The first-order valence-electron chi connectivity index (χ1n) is 10.8. The van der Waals surface area contributed by atoms with Gasteiger partial charge in [-0.25, -0.2) is 8.42 Å². The first-order chi connectivity index (χ1) is 16.0. The number of halogens is 1. The second-order valence-electron chi connectivity index (χ2n) is 7.84. The van der Waals surface area contributed by atoms with Crippen LogP contribution in [0.3, 0.4) is 0 Å². The molecule has 0 N–H and O–H groups in total. The van der Waals surface area contributed by atoms with Gasteiger partial charge in [0.15, 0.2) is 11.5 Å². The number of nitrogens with zero attached hydrogens (tertiary/aromatic N) is 3. The van der Waals surface area contributed by atoms with Crippen molar-refractivity contribution in [2.75, 3.05) is 50.8 Å². The van der Waals surface area contributed by atoms with E-state index in [4.69, 9.17) is 25.5 Å². The molecule has 0 atom stereocenters. The molecule has 5 rings (SSSR count). The molecular weight excluding hydrogens is 466 g/mol. The maximum absolute atomic E-state index is 13.7. The number of piperazine rings is 1. The topological polar surface area (TPSA) is 85.1 Å². The Morgan fingerprint density at radius 2 is 1.73 bits per heavy atom. The van der Waals surface area contributed by atoms with Crippen molar-refractivity contribution in [2.45, 2.75) is 16.8 Å². The van der Waals surface area contributed by atoms with Crippen LogP contribution in [-0.2, 0) is 9.84 Å². The zero-order valence-electron chi connectivity index (χ0n) is 18.2. The van der Waals surface area contributed by atoms with Gasteiger partial charge in [-0.15, -0.1) is 0 Å². The minimum absolute atomic E-state index is 0.0687. The number of anilines is 1. The Bertz CT molecular complexity index is 1270. The Hall–Kier alpha value is -2.75. The third-order valence-corrected chi connectivity index (χ3v) is 7.85. The minimum Gasteiger partial charge on any atom is -0.486 e. The Morgan fingerprint density at radius 3 is 2.45 bits per heavy atom. The molecule has 174 valence electrons. The minimum atomic E-state index is -4.01. The highest BCUT2D eigenvalue weighted by molar-refractivity contribution is 7.91. The SMILES string of the molecule is CCN1CCN(c2oc(-c3ccccc3Cl)nc2S(=O)(=O)c2ccc3c(c2)OCCO3)CC1. The predicted octanol–water partition coefficient (Wildman–Crippen LogP) is 3.74. The molecule has 10 heteroatoms. The van der Waals surface area contributed by atoms with Gasteiger partial charge in [0.2, 0.25) is 26.6 Å². The Morgan fingerprint density at radius 1 is 1.00 bits per heavy atom. The molecule has 1 saturated heterocycles. The highest BCUT2D eigenvalue weighted by atomic mass is 35.5. The highest BCUT2D eigenvalue weighted by Crippen LogP contribution is 2.39. The van der Waals surface area contributed by atoms with Crippen molar-refractivity contribution in [3.8, 4) is 23.0 Å². The lowest BCUT2D eigenvalue weighted by molar-refractivity contribution is 0.171. The number of ether oxygens (including phenoxy) is 2. The van der Waals surface area contributed by atoms with E-state index in [0.717, 1.165) is 19.6 Å². The van der Waals surface area contributed by atoms with E-state index in [1.807, 2.05) is 4.90 Å².